The van der Waals surface area contributed by atoms with Gasteiger partial charge in [0, 0.05) is 17.5 Å². The van der Waals surface area contributed by atoms with E-state index >= 15 is 0 Å². The van der Waals surface area contributed by atoms with E-state index in [-0.39, 0.29) is 10.8 Å². The van der Waals surface area contributed by atoms with Crippen molar-refractivity contribution >= 4 is 39.1 Å². The van der Waals surface area contributed by atoms with Crippen LogP contribution in [0.3, 0.4) is 0 Å². The van der Waals surface area contributed by atoms with Gasteiger partial charge >= 0.3 is 0 Å². The largest absolute Gasteiger partial charge is 0.323 e. The third-order valence-corrected chi connectivity index (χ3v) is 5.02. The number of anilines is 2. The average Bonchev–Trinajstić information content (AvgIpc) is 2.55. The van der Waals surface area contributed by atoms with Crippen molar-refractivity contribution < 1.29 is 13.2 Å². The maximum absolute atomic E-state index is 12.4. The zero-order chi connectivity index (χ0) is 16.2. The van der Waals surface area contributed by atoms with Crippen molar-refractivity contribution in [1.29, 1.82) is 0 Å². The van der Waals surface area contributed by atoms with E-state index in [0.29, 0.717) is 15.2 Å². The van der Waals surface area contributed by atoms with E-state index in [1.807, 2.05) is 0 Å². The minimum absolute atomic E-state index is 0.0166. The Labute approximate surface area is 134 Å². The number of nitrogens with one attached hydrogen (secondary N) is 1. The van der Waals surface area contributed by atoms with Gasteiger partial charge in [-0.05, 0) is 42.5 Å². The molecule has 0 unspecified atom stereocenters. The summed E-state index contributed by atoms with van der Waals surface area (Å²) < 4.78 is 25.5. The molecule has 0 bridgehead atoms. The van der Waals surface area contributed by atoms with Crippen LogP contribution in [0.5, 0.6) is 0 Å². The standard InChI is InChI=1S/C15H13ClN2O3S/c1-2-15(19)17-12-8-10-14(11-9-12)22(20,21)18(16)13-6-4-3-5-7-13/h2-11H,1H2,(H,17,19). The molecule has 0 fully saturated rings. The molecule has 0 aliphatic rings. The maximum Gasteiger partial charge on any atom is 0.278 e. The van der Waals surface area contributed by atoms with Gasteiger partial charge in [0.05, 0.1) is 10.6 Å². The predicted octanol–water partition coefficient (Wildman–Crippen LogP) is 3.16. The van der Waals surface area contributed by atoms with E-state index in [9.17, 15) is 13.2 Å². The molecular weight excluding hydrogens is 324 g/mol. The van der Waals surface area contributed by atoms with Gasteiger partial charge in [-0.25, -0.2) is 0 Å². The lowest BCUT2D eigenvalue weighted by Crippen LogP contribution is -2.21. The minimum Gasteiger partial charge on any atom is -0.323 e. The molecule has 0 aliphatic carbocycles. The van der Waals surface area contributed by atoms with Gasteiger partial charge < -0.3 is 5.32 Å². The van der Waals surface area contributed by atoms with Crippen molar-refractivity contribution in [3.05, 3.63) is 67.3 Å². The van der Waals surface area contributed by atoms with Gasteiger partial charge in [0.25, 0.3) is 10.0 Å². The van der Waals surface area contributed by atoms with Crippen LogP contribution in [0.2, 0.25) is 0 Å². The molecule has 1 amide bonds. The van der Waals surface area contributed by atoms with E-state index in [4.69, 9.17) is 11.8 Å². The average molecular weight is 337 g/mol. The fourth-order valence-corrected chi connectivity index (χ4v) is 3.10. The Morgan fingerprint density at radius 1 is 1.09 bits per heavy atom. The highest BCUT2D eigenvalue weighted by Crippen LogP contribution is 2.26. The van der Waals surface area contributed by atoms with Crippen LogP contribution >= 0.6 is 11.8 Å². The third-order valence-electron chi connectivity index (χ3n) is 2.78. The highest BCUT2D eigenvalue weighted by Gasteiger charge is 2.23. The number of hydrogen-bond acceptors (Lipinski definition) is 3. The number of carbonyl (C=O) groups excluding carboxylic acids is 1. The van der Waals surface area contributed by atoms with Crippen LogP contribution in [-0.4, -0.2) is 14.3 Å². The Bertz CT molecular complexity index is 774. The number of halogens is 1. The summed E-state index contributed by atoms with van der Waals surface area (Å²) in [5.41, 5.74) is 0.804. The summed E-state index contributed by atoms with van der Waals surface area (Å²) in [7, 11) is -3.88. The molecule has 0 atom stereocenters. The van der Waals surface area contributed by atoms with Gasteiger partial charge in [-0.1, -0.05) is 24.8 Å². The maximum atomic E-state index is 12.4. The molecule has 0 heterocycles. The molecule has 0 aliphatic heterocycles. The molecule has 0 saturated heterocycles. The Kier molecular flexibility index (Phi) is 4.85. The second-order valence-corrected chi connectivity index (χ2v) is 6.60. The van der Waals surface area contributed by atoms with Crippen LogP contribution in [0.25, 0.3) is 0 Å². The first-order valence-electron chi connectivity index (χ1n) is 6.25. The smallest absolute Gasteiger partial charge is 0.278 e. The number of benzene rings is 2. The van der Waals surface area contributed by atoms with Gasteiger partial charge in [0.1, 0.15) is 0 Å². The predicted molar refractivity (Wildman–Crippen MR) is 87.2 cm³/mol. The third kappa shape index (κ3) is 3.47. The quantitative estimate of drug-likeness (QED) is 0.673. The first kappa shape index (κ1) is 16.1. The van der Waals surface area contributed by atoms with E-state index in [2.05, 4.69) is 11.9 Å². The van der Waals surface area contributed by atoms with Crippen LogP contribution < -0.4 is 9.14 Å². The summed E-state index contributed by atoms with van der Waals surface area (Å²) in [5, 5.41) is 2.53. The molecule has 114 valence electrons. The minimum atomic E-state index is -3.88. The number of para-hydroxylation sites is 1. The van der Waals surface area contributed by atoms with E-state index in [0.717, 1.165) is 6.08 Å². The van der Waals surface area contributed by atoms with Crippen LogP contribution in [-0.2, 0) is 14.8 Å². The van der Waals surface area contributed by atoms with Crippen molar-refractivity contribution in [2.75, 3.05) is 9.14 Å². The molecule has 2 aromatic rings. The number of amides is 1. The zero-order valence-corrected chi connectivity index (χ0v) is 13.0. The Morgan fingerprint density at radius 2 is 1.68 bits per heavy atom. The molecule has 0 aromatic heterocycles. The second-order valence-electron chi connectivity index (χ2n) is 4.27. The second kappa shape index (κ2) is 6.64. The topological polar surface area (TPSA) is 66.5 Å². The SMILES string of the molecule is C=CC(=O)Nc1ccc(S(=O)(=O)N(Cl)c2ccccc2)cc1. The Hall–Kier alpha value is -2.31. The lowest BCUT2D eigenvalue weighted by Gasteiger charge is -2.16. The molecule has 2 aromatic carbocycles. The Balaban J connectivity index is 2.26. The molecule has 0 radical (unpaired) electrons. The highest BCUT2D eigenvalue weighted by molar-refractivity contribution is 7.94. The number of carbonyl (C=O) groups is 1. The van der Waals surface area contributed by atoms with Crippen molar-refractivity contribution in [2.24, 2.45) is 0 Å². The number of hydrogen-bond donors (Lipinski definition) is 1. The zero-order valence-electron chi connectivity index (χ0n) is 11.4. The summed E-state index contributed by atoms with van der Waals surface area (Å²) in [4.78, 5) is 11.2. The molecule has 2 rings (SSSR count). The monoisotopic (exact) mass is 336 g/mol. The van der Waals surface area contributed by atoms with Crippen molar-refractivity contribution in [3.63, 3.8) is 0 Å². The summed E-state index contributed by atoms with van der Waals surface area (Å²) in [6, 6.07) is 14.0. The highest BCUT2D eigenvalue weighted by atomic mass is 35.5. The lowest BCUT2D eigenvalue weighted by atomic mass is 10.3. The van der Waals surface area contributed by atoms with Gasteiger partial charge in [-0.15, -0.1) is 0 Å². The number of sulfonamides is 1. The van der Waals surface area contributed by atoms with E-state index < -0.39 is 10.0 Å². The molecule has 22 heavy (non-hydrogen) atoms. The molecule has 7 heteroatoms. The fourth-order valence-electron chi connectivity index (χ4n) is 1.68. The van der Waals surface area contributed by atoms with Gasteiger partial charge in [-0.3, -0.25) is 4.79 Å². The van der Waals surface area contributed by atoms with Crippen LogP contribution in [0.1, 0.15) is 0 Å². The van der Waals surface area contributed by atoms with E-state index in [1.165, 1.54) is 24.3 Å². The van der Waals surface area contributed by atoms with Crippen molar-refractivity contribution in [2.45, 2.75) is 4.90 Å². The fraction of sp³-hybridized carbons (Fsp3) is 0. The number of nitrogens with zero attached hydrogens (tertiary/aromatic N) is 1. The summed E-state index contributed by atoms with van der Waals surface area (Å²) in [5.74, 6) is -0.376. The summed E-state index contributed by atoms with van der Waals surface area (Å²) in [6.45, 7) is 3.34. The van der Waals surface area contributed by atoms with E-state index in [1.54, 1.807) is 30.3 Å². The van der Waals surface area contributed by atoms with Crippen LogP contribution in [0, 0.1) is 0 Å². The lowest BCUT2D eigenvalue weighted by molar-refractivity contribution is -0.111. The first-order valence-corrected chi connectivity index (χ1v) is 8.02. The molecule has 0 spiro atoms. The first-order chi connectivity index (χ1) is 10.4. The summed E-state index contributed by atoms with van der Waals surface area (Å²) >= 11 is 5.94. The summed E-state index contributed by atoms with van der Waals surface area (Å²) in [6.07, 6.45) is 1.13. The normalized spacial score (nSPS) is 10.8. The molecule has 1 N–H and O–H groups in total. The van der Waals surface area contributed by atoms with Gasteiger partial charge in [0.2, 0.25) is 5.91 Å². The molecule has 5 nitrogen and oxygen atoms in total. The number of rotatable bonds is 5. The van der Waals surface area contributed by atoms with Crippen molar-refractivity contribution in [3.8, 4) is 0 Å². The van der Waals surface area contributed by atoms with Crippen LogP contribution in [0.15, 0.2) is 72.1 Å². The van der Waals surface area contributed by atoms with Crippen LogP contribution in [0.4, 0.5) is 11.4 Å². The molecule has 0 saturated carbocycles. The molecular formula is C15H13ClN2O3S. The van der Waals surface area contributed by atoms with Gasteiger partial charge in [-0.2, -0.15) is 12.2 Å². The Morgan fingerprint density at radius 3 is 2.23 bits per heavy atom. The van der Waals surface area contributed by atoms with Crippen molar-refractivity contribution in [1.82, 2.24) is 0 Å². The van der Waals surface area contributed by atoms with Gasteiger partial charge in [0.15, 0.2) is 0 Å².